The number of carbonyl (C=O) groups is 2. The molecule has 2 fully saturated rings. The van der Waals surface area contributed by atoms with E-state index in [0.29, 0.717) is 41.3 Å². The molecule has 38 heavy (non-hydrogen) atoms. The second-order valence-electron chi connectivity index (χ2n) is 9.75. The van der Waals surface area contributed by atoms with Crippen LogP contribution in [-0.4, -0.2) is 51.0 Å². The number of benzene rings is 2. The highest BCUT2D eigenvalue weighted by Gasteiger charge is 2.43. The van der Waals surface area contributed by atoms with Gasteiger partial charge in [-0.05, 0) is 56.5 Å². The standard InChI is InChI=1S/C27H29ClN6O3.ClH/c1-17-13-20(9-12-37-17)34-23(35)15-27(2,32-26(34)29)21-7-4-8-22(24(21)28)31-25(36)18-5-3-6-19(14-18)33-11-10-30-16-33;/h3-8,10-11,14,16-17,20H,9,12-13,15H2,1-2H3,(H2,29,32)(H,31,36);1H/t17-,20-,27+;/m1./s1. The molecule has 2 aliphatic rings. The molecule has 2 saturated heterocycles. The van der Waals surface area contributed by atoms with E-state index in [9.17, 15) is 9.59 Å². The fourth-order valence-corrected chi connectivity index (χ4v) is 5.49. The monoisotopic (exact) mass is 556 g/mol. The van der Waals surface area contributed by atoms with E-state index in [1.54, 1.807) is 54.0 Å². The van der Waals surface area contributed by atoms with Crippen LogP contribution in [0.4, 0.5) is 5.69 Å². The molecule has 0 bridgehead atoms. The van der Waals surface area contributed by atoms with Crippen LogP contribution < -0.4 is 10.6 Å². The van der Waals surface area contributed by atoms with Crippen molar-refractivity contribution in [3.63, 3.8) is 0 Å². The summed E-state index contributed by atoms with van der Waals surface area (Å²) in [5.74, 6) is -0.391. The van der Waals surface area contributed by atoms with Gasteiger partial charge in [-0.2, -0.15) is 0 Å². The topological polar surface area (TPSA) is 112 Å². The number of amides is 2. The molecule has 2 aliphatic heterocycles. The molecule has 3 atom stereocenters. The molecule has 3 aromatic rings. The third-order valence-electron chi connectivity index (χ3n) is 6.98. The van der Waals surface area contributed by atoms with Crippen molar-refractivity contribution in [3.8, 4) is 5.69 Å². The molecule has 2 aromatic carbocycles. The first-order chi connectivity index (χ1) is 17.7. The lowest BCUT2D eigenvalue weighted by molar-refractivity contribution is -0.134. The van der Waals surface area contributed by atoms with Crippen LogP contribution in [0.5, 0.6) is 0 Å². The second-order valence-corrected chi connectivity index (χ2v) is 10.1. The summed E-state index contributed by atoms with van der Waals surface area (Å²) in [5.41, 5.74) is 1.44. The Labute approximate surface area is 232 Å². The summed E-state index contributed by atoms with van der Waals surface area (Å²) in [6.07, 6.45) is 6.70. The average Bonchev–Trinajstić information content (AvgIpc) is 3.40. The predicted molar refractivity (Wildman–Crippen MR) is 148 cm³/mol. The number of hydrogen-bond donors (Lipinski definition) is 3. The Morgan fingerprint density at radius 3 is 2.79 bits per heavy atom. The lowest BCUT2D eigenvalue weighted by Gasteiger charge is -2.45. The maximum atomic E-state index is 13.3. The highest BCUT2D eigenvalue weighted by molar-refractivity contribution is 6.35. The first-order valence-electron chi connectivity index (χ1n) is 12.2. The van der Waals surface area contributed by atoms with Crippen LogP contribution in [0, 0.1) is 5.41 Å². The summed E-state index contributed by atoms with van der Waals surface area (Å²) >= 11 is 6.80. The Morgan fingerprint density at radius 2 is 2.08 bits per heavy atom. The SMILES string of the molecule is C[C@@H]1C[C@H](N2C(=N)N[C@](C)(c3cccc(NC(=O)c4cccc(-n5ccnc5)c4)c3Cl)CC2=O)CCO1.Cl. The molecule has 2 amide bonds. The molecule has 5 rings (SSSR count). The van der Waals surface area contributed by atoms with Crippen molar-refractivity contribution in [2.45, 2.75) is 50.8 Å². The van der Waals surface area contributed by atoms with Crippen molar-refractivity contribution >= 4 is 47.5 Å². The van der Waals surface area contributed by atoms with Gasteiger partial charge in [-0.25, -0.2) is 4.98 Å². The number of hydrogen-bond acceptors (Lipinski definition) is 5. The molecule has 0 saturated carbocycles. The van der Waals surface area contributed by atoms with Gasteiger partial charge in [-0.3, -0.25) is 19.9 Å². The molecule has 200 valence electrons. The molecular weight excluding hydrogens is 527 g/mol. The quantitative estimate of drug-likeness (QED) is 0.420. The smallest absolute Gasteiger partial charge is 0.255 e. The van der Waals surface area contributed by atoms with Crippen LogP contribution in [0.3, 0.4) is 0 Å². The van der Waals surface area contributed by atoms with Crippen LogP contribution in [0.2, 0.25) is 5.02 Å². The van der Waals surface area contributed by atoms with Crippen LogP contribution in [0.25, 0.3) is 5.69 Å². The van der Waals surface area contributed by atoms with Crippen LogP contribution >= 0.6 is 24.0 Å². The maximum Gasteiger partial charge on any atom is 0.255 e. The van der Waals surface area contributed by atoms with Crippen molar-refractivity contribution in [2.75, 3.05) is 11.9 Å². The molecule has 1 aromatic heterocycles. The van der Waals surface area contributed by atoms with E-state index in [4.69, 9.17) is 21.7 Å². The van der Waals surface area contributed by atoms with Crippen LogP contribution in [0.1, 0.15) is 49.0 Å². The number of ether oxygens (including phenoxy) is 1. The summed E-state index contributed by atoms with van der Waals surface area (Å²) in [4.78, 5) is 32.0. The minimum Gasteiger partial charge on any atom is -0.378 e. The summed E-state index contributed by atoms with van der Waals surface area (Å²) in [7, 11) is 0. The zero-order valence-electron chi connectivity index (χ0n) is 21.1. The van der Waals surface area contributed by atoms with Crippen molar-refractivity contribution in [1.29, 1.82) is 5.41 Å². The number of halogens is 2. The molecule has 0 radical (unpaired) electrons. The molecule has 3 N–H and O–H groups in total. The zero-order chi connectivity index (χ0) is 26.2. The highest BCUT2D eigenvalue weighted by Crippen LogP contribution is 2.38. The number of nitrogens with one attached hydrogen (secondary N) is 3. The predicted octanol–water partition coefficient (Wildman–Crippen LogP) is 4.74. The summed E-state index contributed by atoms with van der Waals surface area (Å²) in [6, 6.07) is 12.4. The number of nitrogens with zero attached hydrogens (tertiary/aromatic N) is 3. The number of aromatic nitrogens is 2. The lowest BCUT2D eigenvalue weighted by atomic mass is 9.85. The van der Waals surface area contributed by atoms with E-state index >= 15 is 0 Å². The van der Waals surface area contributed by atoms with Crippen molar-refractivity contribution in [3.05, 3.63) is 77.3 Å². The van der Waals surface area contributed by atoms with Gasteiger partial charge in [0.05, 0.1) is 35.1 Å². The van der Waals surface area contributed by atoms with Gasteiger partial charge in [0.2, 0.25) is 5.91 Å². The number of anilines is 1. The molecule has 0 spiro atoms. The Bertz CT molecular complexity index is 1330. The minimum atomic E-state index is -0.902. The Hall–Kier alpha value is -3.40. The van der Waals surface area contributed by atoms with Crippen LogP contribution in [-0.2, 0) is 15.1 Å². The van der Waals surface area contributed by atoms with Gasteiger partial charge >= 0.3 is 0 Å². The molecule has 9 nitrogen and oxygen atoms in total. The summed E-state index contributed by atoms with van der Waals surface area (Å²) in [5, 5.41) is 15.1. The van der Waals surface area contributed by atoms with Crippen molar-refractivity contribution < 1.29 is 14.3 Å². The highest BCUT2D eigenvalue weighted by atomic mass is 35.5. The van der Waals surface area contributed by atoms with E-state index in [0.717, 1.165) is 5.69 Å². The largest absolute Gasteiger partial charge is 0.378 e. The normalized spacial score (nSPS) is 23.4. The molecule has 3 heterocycles. The Morgan fingerprint density at radius 1 is 1.29 bits per heavy atom. The van der Waals surface area contributed by atoms with Crippen molar-refractivity contribution in [2.24, 2.45) is 0 Å². The van der Waals surface area contributed by atoms with E-state index in [1.165, 1.54) is 0 Å². The molecule has 0 unspecified atom stereocenters. The Kier molecular flexibility index (Phi) is 8.10. The minimum absolute atomic E-state index is 0. The van der Waals surface area contributed by atoms with E-state index in [1.807, 2.05) is 30.5 Å². The molecule has 11 heteroatoms. The van der Waals surface area contributed by atoms with Gasteiger partial charge < -0.3 is 19.9 Å². The van der Waals surface area contributed by atoms with Gasteiger partial charge in [0, 0.05) is 36.3 Å². The molecule has 0 aliphatic carbocycles. The number of carbonyl (C=O) groups excluding carboxylic acids is 2. The number of guanidine groups is 1. The summed E-state index contributed by atoms with van der Waals surface area (Å²) in [6.45, 7) is 4.40. The van der Waals surface area contributed by atoms with E-state index in [2.05, 4.69) is 15.6 Å². The van der Waals surface area contributed by atoms with Gasteiger partial charge in [0.15, 0.2) is 5.96 Å². The molecular formula is C27H30Cl2N6O3. The summed E-state index contributed by atoms with van der Waals surface area (Å²) < 4.78 is 7.43. The van der Waals surface area contributed by atoms with Gasteiger partial charge in [-0.15, -0.1) is 12.4 Å². The fourth-order valence-electron chi connectivity index (χ4n) is 5.10. The average molecular weight is 557 g/mol. The number of imidazole rings is 1. The zero-order valence-corrected chi connectivity index (χ0v) is 22.7. The van der Waals surface area contributed by atoms with Gasteiger partial charge in [0.25, 0.3) is 5.91 Å². The first-order valence-corrected chi connectivity index (χ1v) is 12.6. The first kappa shape index (κ1) is 27.6. The fraction of sp³-hybridized carbons (Fsp3) is 0.333. The van der Waals surface area contributed by atoms with Crippen molar-refractivity contribution in [1.82, 2.24) is 19.8 Å². The third kappa shape index (κ3) is 5.41. The maximum absolute atomic E-state index is 13.3. The Balaban J connectivity index is 0.00000336. The van der Waals surface area contributed by atoms with Crippen LogP contribution in [0.15, 0.2) is 61.2 Å². The lowest BCUT2D eigenvalue weighted by Crippen LogP contribution is -2.63. The van der Waals surface area contributed by atoms with E-state index < -0.39 is 5.54 Å². The van der Waals surface area contributed by atoms with Gasteiger partial charge in [-0.1, -0.05) is 29.8 Å². The number of rotatable bonds is 5. The third-order valence-corrected chi connectivity index (χ3v) is 7.39. The van der Waals surface area contributed by atoms with Gasteiger partial charge in [0.1, 0.15) is 0 Å². The second kappa shape index (κ2) is 11.1. The van der Waals surface area contributed by atoms with E-state index in [-0.39, 0.29) is 48.7 Å².